The molecule has 0 amide bonds. The first-order valence-corrected chi connectivity index (χ1v) is 10.1. The first-order chi connectivity index (χ1) is 12.7. The van der Waals surface area contributed by atoms with Crippen LogP contribution in [0.25, 0.3) is 0 Å². The summed E-state index contributed by atoms with van der Waals surface area (Å²) >= 11 is 0. The average Bonchev–Trinajstić information content (AvgIpc) is 3.18. The van der Waals surface area contributed by atoms with Crippen LogP contribution in [0.4, 0.5) is 0 Å². The Bertz CT molecular complexity index is 611. The maximum Gasteiger partial charge on any atom is 0.191 e. The Morgan fingerprint density at radius 3 is 2.62 bits per heavy atom. The predicted octanol–water partition coefficient (Wildman–Crippen LogP) is 2.97. The fraction of sp³-hybridized carbons (Fsp3) is 0.667. The molecule has 5 nitrogen and oxygen atoms in total. The third kappa shape index (κ3) is 3.89. The summed E-state index contributed by atoms with van der Waals surface area (Å²) in [6.45, 7) is 6.44. The van der Waals surface area contributed by atoms with Crippen molar-refractivity contribution in [2.24, 2.45) is 10.4 Å². The van der Waals surface area contributed by atoms with Gasteiger partial charge in [0.05, 0.1) is 19.3 Å². The van der Waals surface area contributed by atoms with Gasteiger partial charge in [-0.05, 0) is 44.2 Å². The number of hydrogen-bond acceptors (Lipinski definition) is 3. The Morgan fingerprint density at radius 2 is 1.96 bits per heavy atom. The lowest BCUT2D eigenvalue weighted by molar-refractivity contribution is -0.125. The van der Waals surface area contributed by atoms with Crippen molar-refractivity contribution in [2.45, 2.75) is 71.2 Å². The van der Waals surface area contributed by atoms with Crippen LogP contribution in [-0.4, -0.2) is 36.4 Å². The smallest absolute Gasteiger partial charge is 0.191 e. The van der Waals surface area contributed by atoms with Crippen LogP contribution in [-0.2, 0) is 17.9 Å². The van der Waals surface area contributed by atoms with Crippen LogP contribution in [0.3, 0.4) is 0 Å². The molecule has 3 rings (SSSR count). The molecule has 0 heterocycles. The number of benzene rings is 1. The molecular weight excluding hydrogens is 326 g/mol. The van der Waals surface area contributed by atoms with Gasteiger partial charge in [-0.25, -0.2) is 4.99 Å². The molecule has 5 heteroatoms. The van der Waals surface area contributed by atoms with Gasteiger partial charge in [0.2, 0.25) is 0 Å². The molecule has 2 saturated carbocycles. The van der Waals surface area contributed by atoms with Crippen LogP contribution in [0.5, 0.6) is 0 Å². The van der Waals surface area contributed by atoms with Crippen LogP contribution < -0.4 is 10.6 Å². The van der Waals surface area contributed by atoms with E-state index in [1.807, 2.05) is 24.3 Å². The van der Waals surface area contributed by atoms with E-state index in [0.29, 0.717) is 18.7 Å². The Hall–Kier alpha value is -1.59. The minimum absolute atomic E-state index is 0.0530. The SMILES string of the molecule is CCNC(=NCc1ccccc1CO)NC1CC(OCC)C12CCCC2. The van der Waals surface area contributed by atoms with Crippen molar-refractivity contribution in [3.63, 3.8) is 0 Å². The van der Waals surface area contributed by atoms with Gasteiger partial charge in [-0.15, -0.1) is 0 Å². The van der Waals surface area contributed by atoms with Crippen LogP contribution in [0.2, 0.25) is 0 Å². The molecule has 0 saturated heterocycles. The number of rotatable bonds is 7. The molecule has 2 atom stereocenters. The molecule has 2 fully saturated rings. The van der Waals surface area contributed by atoms with Gasteiger partial charge in [0.25, 0.3) is 0 Å². The van der Waals surface area contributed by atoms with Gasteiger partial charge < -0.3 is 20.5 Å². The number of ether oxygens (including phenoxy) is 1. The van der Waals surface area contributed by atoms with E-state index in [-0.39, 0.29) is 12.0 Å². The number of nitrogens with zero attached hydrogens (tertiary/aromatic N) is 1. The topological polar surface area (TPSA) is 65.9 Å². The van der Waals surface area contributed by atoms with E-state index < -0.39 is 0 Å². The minimum atomic E-state index is 0.0530. The highest BCUT2D eigenvalue weighted by atomic mass is 16.5. The molecule has 144 valence electrons. The van der Waals surface area contributed by atoms with Crippen LogP contribution >= 0.6 is 0 Å². The molecule has 2 aliphatic carbocycles. The van der Waals surface area contributed by atoms with Gasteiger partial charge in [-0.2, -0.15) is 0 Å². The average molecular weight is 360 g/mol. The number of aliphatic hydroxyl groups excluding tert-OH is 1. The molecule has 1 aromatic carbocycles. The monoisotopic (exact) mass is 359 g/mol. The van der Waals surface area contributed by atoms with E-state index in [1.54, 1.807) is 0 Å². The fourth-order valence-electron chi connectivity index (χ4n) is 4.60. The lowest BCUT2D eigenvalue weighted by Gasteiger charge is -2.54. The van der Waals surface area contributed by atoms with Crippen LogP contribution in [0.15, 0.2) is 29.3 Å². The van der Waals surface area contributed by atoms with E-state index >= 15 is 0 Å². The first-order valence-electron chi connectivity index (χ1n) is 10.1. The largest absolute Gasteiger partial charge is 0.392 e. The summed E-state index contributed by atoms with van der Waals surface area (Å²) in [5.74, 6) is 0.867. The van der Waals surface area contributed by atoms with E-state index in [0.717, 1.165) is 36.7 Å². The zero-order valence-electron chi connectivity index (χ0n) is 16.1. The summed E-state index contributed by atoms with van der Waals surface area (Å²) in [6.07, 6.45) is 6.57. The number of aliphatic imine (C=N–C) groups is 1. The molecule has 2 unspecified atom stereocenters. The van der Waals surface area contributed by atoms with Crippen molar-refractivity contribution in [3.05, 3.63) is 35.4 Å². The lowest BCUT2D eigenvalue weighted by Crippen LogP contribution is -2.65. The summed E-state index contributed by atoms with van der Waals surface area (Å²) in [6, 6.07) is 8.38. The van der Waals surface area contributed by atoms with Crippen molar-refractivity contribution in [1.29, 1.82) is 0 Å². The zero-order valence-corrected chi connectivity index (χ0v) is 16.1. The third-order valence-corrected chi connectivity index (χ3v) is 6.04. The number of hydrogen-bond donors (Lipinski definition) is 3. The maximum absolute atomic E-state index is 9.51. The zero-order chi connectivity index (χ0) is 18.4. The summed E-state index contributed by atoms with van der Waals surface area (Å²) in [5.41, 5.74) is 2.30. The third-order valence-electron chi connectivity index (χ3n) is 6.04. The van der Waals surface area contributed by atoms with E-state index in [1.165, 1.54) is 25.7 Å². The van der Waals surface area contributed by atoms with Crippen molar-refractivity contribution >= 4 is 5.96 Å². The van der Waals surface area contributed by atoms with Gasteiger partial charge in [0.15, 0.2) is 5.96 Å². The van der Waals surface area contributed by atoms with Crippen molar-refractivity contribution in [1.82, 2.24) is 10.6 Å². The van der Waals surface area contributed by atoms with E-state index in [9.17, 15) is 5.11 Å². The Balaban J connectivity index is 1.68. The number of nitrogens with one attached hydrogen (secondary N) is 2. The molecule has 0 radical (unpaired) electrons. The van der Waals surface area contributed by atoms with E-state index in [2.05, 4.69) is 24.5 Å². The van der Waals surface area contributed by atoms with Gasteiger partial charge in [0.1, 0.15) is 0 Å². The molecule has 1 spiro atoms. The molecule has 26 heavy (non-hydrogen) atoms. The molecule has 0 aromatic heterocycles. The normalized spacial score (nSPS) is 24.5. The summed E-state index contributed by atoms with van der Waals surface area (Å²) in [5, 5.41) is 16.6. The fourth-order valence-corrected chi connectivity index (χ4v) is 4.60. The first kappa shape index (κ1) is 19.2. The second kappa shape index (κ2) is 8.87. The maximum atomic E-state index is 9.51. The Morgan fingerprint density at radius 1 is 1.23 bits per heavy atom. The van der Waals surface area contributed by atoms with Gasteiger partial charge in [-0.1, -0.05) is 37.1 Å². The van der Waals surface area contributed by atoms with Gasteiger partial charge in [0, 0.05) is 24.6 Å². The van der Waals surface area contributed by atoms with Crippen molar-refractivity contribution in [2.75, 3.05) is 13.2 Å². The number of guanidine groups is 1. The van der Waals surface area contributed by atoms with Gasteiger partial charge in [-0.3, -0.25) is 0 Å². The molecule has 1 aromatic rings. The molecule has 3 N–H and O–H groups in total. The second-order valence-corrected chi connectivity index (χ2v) is 7.44. The Labute approximate surface area is 157 Å². The second-order valence-electron chi connectivity index (χ2n) is 7.44. The lowest BCUT2D eigenvalue weighted by atomic mass is 9.60. The van der Waals surface area contributed by atoms with Crippen LogP contribution in [0, 0.1) is 5.41 Å². The molecular formula is C21H33N3O2. The molecule has 0 bridgehead atoms. The van der Waals surface area contributed by atoms with Crippen molar-refractivity contribution < 1.29 is 9.84 Å². The summed E-state index contributed by atoms with van der Waals surface area (Å²) < 4.78 is 6.02. The Kier molecular flexibility index (Phi) is 6.54. The van der Waals surface area contributed by atoms with E-state index in [4.69, 9.17) is 9.73 Å². The molecule has 0 aliphatic heterocycles. The van der Waals surface area contributed by atoms with Crippen LogP contribution in [0.1, 0.15) is 57.1 Å². The highest BCUT2D eigenvalue weighted by Crippen LogP contribution is 2.54. The van der Waals surface area contributed by atoms with Gasteiger partial charge >= 0.3 is 0 Å². The summed E-state index contributed by atoms with van der Waals surface area (Å²) in [7, 11) is 0. The molecule has 2 aliphatic rings. The quantitative estimate of drug-likeness (QED) is 0.517. The highest BCUT2D eigenvalue weighted by Gasteiger charge is 2.56. The van der Waals surface area contributed by atoms with Crippen molar-refractivity contribution in [3.8, 4) is 0 Å². The standard InChI is InChI=1S/C21H33N3O2/c1-3-22-20(23-14-16-9-5-6-10-17(16)15-25)24-18-13-19(26-4-2)21(18)11-7-8-12-21/h5-6,9-10,18-19,25H,3-4,7-8,11-15H2,1-2H3,(H2,22,23,24). The summed E-state index contributed by atoms with van der Waals surface area (Å²) in [4.78, 5) is 4.78. The number of aliphatic hydroxyl groups is 1. The highest BCUT2D eigenvalue weighted by molar-refractivity contribution is 5.80. The predicted molar refractivity (Wildman–Crippen MR) is 105 cm³/mol. The minimum Gasteiger partial charge on any atom is -0.392 e.